The Labute approximate surface area is 61.5 Å². The molecule has 2 nitrogen and oxygen atoms in total. The third-order valence-corrected chi connectivity index (χ3v) is 2.29. The molecule has 50 valence electrons. The van der Waals surface area contributed by atoms with Gasteiger partial charge in [-0.3, -0.25) is 0 Å². The Bertz CT molecular complexity index is 241. The molecule has 0 aliphatic rings. The number of hydrogen-bond donors (Lipinski definition) is 0. The quantitative estimate of drug-likeness (QED) is 0.323. The molecule has 0 unspecified atom stereocenters. The number of rotatable bonds is 2. The minimum atomic E-state index is -0.710. The van der Waals surface area contributed by atoms with Gasteiger partial charge in [-0.25, -0.2) is 9.45 Å². The Morgan fingerprint density at radius 2 is 2.00 bits per heavy atom. The molecule has 0 aliphatic carbocycles. The lowest BCUT2D eigenvalue weighted by molar-refractivity contribution is 0.566. The van der Waals surface area contributed by atoms with Crippen molar-refractivity contribution < 1.29 is 4.79 Å². The summed E-state index contributed by atoms with van der Waals surface area (Å²) in [4.78, 5) is 9.72. The first-order chi connectivity index (χ1) is 4.93. The van der Waals surface area contributed by atoms with E-state index in [0.717, 1.165) is 0 Å². The van der Waals surface area contributed by atoms with Crippen LogP contribution in [0.2, 0.25) is 0 Å². The lowest BCUT2D eigenvalue weighted by Gasteiger charge is -1.88. The molecule has 0 N–H and O–H groups in total. The van der Waals surface area contributed by atoms with Crippen LogP contribution in [0.25, 0.3) is 0 Å². The summed E-state index contributed by atoms with van der Waals surface area (Å²) in [7, 11) is -0.710. The predicted octanol–water partition coefficient (Wildman–Crippen LogP) is -0.268. The first-order valence-corrected chi connectivity index (χ1v) is 4.35. The van der Waals surface area contributed by atoms with Gasteiger partial charge >= 0.3 is 0 Å². The number of isocyanates is 1. The Balaban J connectivity index is 2.67. The van der Waals surface area contributed by atoms with Crippen LogP contribution in [0.3, 0.4) is 0 Å². The zero-order valence-electron chi connectivity index (χ0n) is 5.45. The molecule has 1 rings (SSSR count). The van der Waals surface area contributed by atoms with E-state index >= 15 is 0 Å². The van der Waals surface area contributed by atoms with E-state index in [-0.39, 0.29) is 0 Å². The van der Waals surface area contributed by atoms with E-state index in [9.17, 15) is 4.79 Å². The SMILES string of the molecule is O=C=N[SiH2]c1ccccc1. The maximum Gasteiger partial charge on any atom is 0.224 e. The lowest BCUT2D eigenvalue weighted by atomic mass is 10.4. The molecule has 0 aliphatic heterocycles. The summed E-state index contributed by atoms with van der Waals surface area (Å²) >= 11 is 0. The summed E-state index contributed by atoms with van der Waals surface area (Å²) in [5, 5.41) is 1.17. The number of hydrogen-bond acceptors (Lipinski definition) is 2. The fourth-order valence-electron chi connectivity index (χ4n) is 0.707. The molecule has 0 atom stereocenters. The van der Waals surface area contributed by atoms with Crippen molar-refractivity contribution in [3.63, 3.8) is 0 Å². The topological polar surface area (TPSA) is 29.4 Å². The van der Waals surface area contributed by atoms with Crippen molar-refractivity contribution in [1.29, 1.82) is 0 Å². The number of nitrogens with zero attached hydrogens (tertiary/aromatic N) is 1. The van der Waals surface area contributed by atoms with Gasteiger partial charge in [-0.15, -0.1) is 0 Å². The molecule has 0 radical (unpaired) electrons. The summed E-state index contributed by atoms with van der Waals surface area (Å²) in [6.07, 6.45) is 1.55. The highest BCUT2D eigenvalue weighted by molar-refractivity contribution is 6.52. The van der Waals surface area contributed by atoms with Crippen LogP contribution in [-0.4, -0.2) is 15.8 Å². The number of carbonyl (C=O) groups excluding carboxylic acids is 1. The number of benzene rings is 1. The third-order valence-electron chi connectivity index (χ3n) is 1.17. The summed E-state index contributed by atoms with van der Waals surface area (Å²) in [5.41, 5.74) is 0. The van der Waals surface area contributed by atoms with E-state index in [1.807, 2.05) is 30.3 Å². The molecular formula is C7H7NOSi. The maximum atomic E-state index is 9.72. The van der Waals surface area contributed by atoms with E-state index in [1.54, 1.807) is 6.08 Å². The molecule has 0 saturated heterocycles. The standard InChI is InChI=1S/C7H7NOSi/c9-6-8-10-7-4-2-1-3-5-7/h1-5H,10H2. The van der Waals surface area contributed by atoms with Crippen LogP contribution >= 0.6 is 0 Å². The molecule has 0 bridgehead atoms. The molecule has 0 amide bonds. The van der Waals surface area contributed by atoms with Gasteiger partial charge in [-0.05, 0) is 5.19 Å². The van der Waals surface area contributed by atoms with Gasteiger partial charge in [0.15, 0.2) is 9.68 Å². The van der Waals surface area contributed by atoms with Gasteiger partial charge in [-0.1, -0.05) is 30.3 Å². The van der Waals surface area contributed by atoms with E-state index in [1.165, 1.54) is 5.19 Å². The monoisotopic (exact) mass is 149 g/mol. The van der Waals surface area contributed by atoms with Crippen molar-refractivity contribution in [1.82, 2.24) is 0 Å². The second-order valence-electron chi connectivity index (χ2n) is 1.89. The molecule has 0 spiro atoms. The highest BCUT2D eigenvalue weighted by Gasteiger charge is 1.86. The van der Waals surface area contributed by atoms with Gasteiger partial charge in [-0.2, -0.15) is 0 Å². The summed E-state index contributed by atoms with van der Waals surface area (Å²) in [6, 6.07) is 9.80. The van der Waals surface area contributed by atoms with Gasteiger partial charge < -0.3 is 0 Å². The van der Waals surface area contributed by atoms with Crippen LogP contribution in [-0.2, 0) is 4.79 Å². The van der Waals surface area contributed by atoms with Crippen molar-refractivity contribution >= 4 is 20.9 Å². The van der Waals surface area contributed by atoms with Crippen molar-refractivity contribution in [2.24, 2.45) is 4.66 Å². The van der Waals surface area contributed by atoms with Crippen LogP contribution in [0.4, 0.5) is 0 Å². The minimum absolute atomic E-state index is 0.710. The Hall–Kier alpha value is -1.18. The molecule has 0 saturated carbocycles. The van der Waals surface area contributed by atoms with Crippen LogP contribution in [0.5, 0.6) is 0 Å². The van der Waals surface area contributed by atoms with Gasteiger partial charge in [0.25, 0.3) is 0 Å². The Morgan fingerprint density at radius 1 is 1.30 bits per heavy atom. The zero-order chi connectivity index (χ0) is 7.23. The second-order valence-corrected chi connectivity index (χ2v) is 3.34. The van der Waals surface area contributed by atoms with Crippen LogP contribution < -0.4 is 5.19 Å². The highest BCUT2D eigenvalue weighted by Crippen LogP contribution is 1.80. The summed E-state index contributed by atoms with van der Waals surface area (Å²) in [5.74, 6) is 0. The molecule has 10 heavy (non-hydrogen) atoms. The van der Waals surface area contributed by atoms with Gasteiger partial charge in [0.2, 0.25) is 6.08 Å². The zero-order valence-corrected chi connectivity index (χ0v) is 6.86. The molecule has 1 aromatic carbocycles. The van der Waals surface area contributed by atoms with E-state index in [4.69, 9.17) is 0 Å². The highest BCUT2D eigenvalue weighted by atomic mass is 28.2. The molecule has 3 heteroatoms. The molecule has 0 heterocycles. The van der Waals surface area contributed by atoms with Crippen LogP contribution in [0, 0.1) is 0 Å². The fraction of sp³-hybridized carbons (Fsp3) is 0. The Morgan fingerprint density at radius 3 is 2.60 bits per heavy atom. The van der Waals surface area contributed by atoms with Gasteiger partial charge in [0, 0.05) is 0 Å². The Kier molecular flexibility index (Phi) is 2.61. The van der Waals surface area contributed by atoms with Gasteiger partial charge in [0.1, 0.15) is 0 Å². The molecular weight excluding hydrogens is 142 g/mol. The lowest BCUT2D eigenvalue weighted by Crippen LogP contribution is -2.09. The van der Waals surface area contributed by atoms with Crippen molar-refractivity contribution in [3.05, 3.63) is 30.3 Å². The molecule has 0 aromatic heterocycles. The first kappa shape index (κ1) is 6.93. The normalized spacial score (nSPS) is 9.60. The van der Waals surface area contributed by atoms with Crippen LogP contribution in [0.1, 0.15) is 0 Å². The second kappa shape index (κ2) is 3.77. The summed E-state index contributed by atoms with van der Waals surface area (Å²) < 4.78 is 3.58. The van der Waals surface area contributed by atoms with Crippen LogP contribution in [0.15, 0.2) is 35.0 Å². The third kappa shape index (κ3) is 1.97. The van der Waals surface area contributed by atoms with Crippen molar-refractivity contribution in [2.75, 3.05) is 0 Å². The fourth-order valence-corrected chi connectivity index (χ4v) is 1.44. The van der Waals surface area contributed by atoms with E-state index in [0.29, 0.717) is 0 Å². The van der Waals surface area contributed by atoms with E-state index < -0.39 is 9.68 Å². The average Bonchev–Trinajstić information content (AvgIpc) is 2.03. The van der Waals surface area contributed by atoms with E-state index in [2.05, 4.69) is 4.66 Å². The van der Waals surface area contributed by atoms with Crippen molar-refractivity contribution in [2.45, 2.75) is 0 Å². The molecule has 0 fully saturated rings. The first-order valence-electron chi connectivity index (χ1n) is 3.01. The molecule has 1 aromatic rings. The average molecular weight is 149 g/mol. The largest absolute Gasteiger partial charge is 0.250 e. The maximum absolute atomic E-state index is 9.72. The summed E-state index contributed by atoms with van der Waals surface area (Å²) in [6.45, 7) is 0. The smallest absolute Gasteiger partial charge is 0.224 e. The minimum Gasteiger partial charge on any atom is -0.250 e. The van der Waals surface area contributed by atoms with Gasteiger partial charge in [0.05, 0.1) is 0 Å². The predicted molar refractivity (Wildman–Crippen MR) is 42.7 cm³/mol. The van der Waals surface area contributed by atoms with Crippen molar-refractivity contribution in [3.8, 4) is 0 Å².